The van der Waals surface area contributed by atoms with Gasteiger partial charge in [0.1, 0.15) is 0 Å². The van der Waals surface area contributed by atoms with Gasteiger partial charge in [0.15, 0.2) is 6.29 Å². The van der Waals surface area contributed by atoms with Gasteiger partial charge in [-0.25, -0.2) is 4.39 Å². The Morgan fingerprint density at radius 3 is 2.94 bits per heavy atom. The fourth-order valence-corrected chi connectivity index (χ4v) is 1.46. The van der Waals surface area contributed by atoms with E-state index in [-0.39, 0.29) is 5.83 Å². The summed E-state index contributed by atoms with van der Waals surface area (Å²) in [5.74, 6) is -0.290. The highest BCUT2D eigenvalue weighted by molar-refractivity contribution is 5.76. The number of allylic oxidation sites excluding steroid dienone is 5. The molecular weight excluding hydrogens is 217 g/mol. The lowest BCUT2D eigenvalue weighted by atomic mass is 10.0. The summed E-state index contributed by atoms with van der Waals surface area (Å²) in [4.78, 5) is 14.9. The minimum absolute atomic E-state index is 0.290. The number of pyridine rings is 1. The molecule has 0 N–H and O–H groups in total. The van der Waals surface area contributed by atoms with Crippen molar-refractivity contribution >= 4 is 6.29 Å². The molecule has 0 bridgehead atoms. The fourth-order valence-electron chi connectivity index (χ4n) is 1.46. The van der Waals surface area contributed by atoms with E-state index < -0.39 is 0 Å². The van der Waals surface area contributed by atoms with E-state index in [4.69, 9.17) is 0 Å². The molecule has 3 heteroatoms. The first-order valence-electron chi connectivity index (χ1n) is 5.22. The molecule has 0 saturated carbocycles. The number of carbonyl (C=O) groups is 1. The zero-order valence-electron chi connectivity index (χ0n) is 9.69. The fraction of sp³-hybridized carbons (Fsp3) is 0.143. The van der Waals surface area contributed by atoms with E-state index in [0.29, 0.717) is 17.7 Å². The molecule has 0 aliphatic heterocycles. The van der Waals surface area contributed by atoms with E-state index in [9.17, 15) is 9.18 Å². The van der Waals surface area contributed by atoms with Gasteiger partial charge in [-0.05, 0) is 30.7 Å². The van der Waals surface area contributed by atoms with E-state index in [2.05, 4.69) is 11.6 Å². The van der Waals surface area contributed by atoms with Crippen LogP contribution in [0.3, 0.4) is 0 Å². The maximum Gasteiger partial charge on any atom is 0.151 e. The number of nitrogens with zero attached hydrogens (tertiary/aromatic N) is 1. The topological polar surface area (TPSA) is 30.0 Å². The van der Waals surface area contributed by atoms with Crippen molar-refractivity contribution in [2.75, 3.05) is 0 Å². The minimum atomic E-state index is -0.290. The lowest BCUT2D eigenvalue weighted by Gasteiger charge is -2.04. The largest absolute Gasteiger partial charge is 0.298 e. The van der Waals surface area contributed by atoms with Crippen molar-refractivity contribution in [3.8, 4) is 0 Å². The SMILES string of the molecule is C=C/C=C(\C=C(/C)F)Cc1ncccc1C=O. The zero-order valence-corrected chi connectivity index (χ0v) is 9.69. The summed E-state index contributed by atoms with van der Waals surface area (Å²) in [6.45, 7) is 4.94. The van der Waals surface area contributed by atoms with Gasteiger partial charge in [-0.1, -0.05) is 18.7 Å². The van der Waals surface area contributed by atoms with E-state index in [1.54, 1.807) is 30.5 Å². The maximum absolute atomic E-state index is 12.9. The number of halogens is 1. The molecule has 0 aliphatic rings. The van der Waals surface area contributed by atoms with E-state index in [0.717, 1.165) is 11.9 Å². The molecule has 0 unspecified atom stereocenters. The minimum Gasteiger partial charge on any atom is -0.298 e. The van der Waals surface area contributed by atoms with Crippen molar-refractivity contribution in [3.63, 3.8) is 0 Å². The molecule has 0 radical (unpaired) electrons. The normalized spacial score (nSPS) is 12.4. The van der Waals surface area contributed by atoms with Gasteiger partial charge in [-0.3, -0.25) is 9.78 Å². The third-order valence-corrected chi connectivity index (χ3v) is 2.14. The lowest BCUT2D eigenvalue weighted by Crippen LogP contribution is -1.98. The third-order valence-electron chi connectivity index (χ3n) is 2.14. The molecule has 0 aliphatic carbocycles. The summed E-state index contributed by atoms with van der Waals surface area (Å²) >= 11 is 0. The van der Waals surface area contributed by atoms with Crippen molar-refractivity contribution in [3.05, 3.63) is 65.8 Å². The van der Waals surface area contributed by atoms with Gasteiger partial charge in [0.2, 0.25) is 0 Å². The molecular formula is C14H14FNO. The molecule has 0 atom stereocenters. The van der Waals surface area contributed by atoms with Crippen LogP contribution in [0.25, 0.3) is 0 Å². The molecule has 0 amide bonds. The molecule has 2 nitrogen and oxygen atoms in total. The molecule has 88 valence electrons. The zero-order chi connectivity index (χ0) is 12.7. The van der Waals surface area contributed by atoms with Crippen LogP contribution in [0.5, 0.6) is 0 Å². The molecule has 1 aromatic rings. The summed E-state index contributed by atoms with van der Waals surface area (Å²) < 4.78 is 12.9. The van der Waals surface area contributed by atoms with Crippen LogP contribution in [-0.2, 0) is 6.42 Å². The Kier molecular flexibility index (Phi) is 5.01. The second kappa shape index (κ2) is 6.53. The van der Waals surface area contributed by atoms with Crippen LogP contribution < -0.4 is 0 Å². The lowest BCUT2D eigenvalue weighted by molar-refractivity contribution is 0.112. The number of hydrogen-bond acceptors (Lipinski definition) is 2. The monoisotopic (exact) mass is 231 g/mol. The Morgan fingerprint density at radius 1 is 1.59 bits per heavy atom. The van der Waals surface area contributed by atoms with Crippen LogP contribution in [0.1, 0.15) is 23.0 Å². The van der Waals surface area contributed by atoms with Crippen LogP contribution in [0.4, 0.5) is 4.39 Å². The van der Waals surface area contributed by atoms with E-state index >= 15 is 0 Å². The van der Waals surface area contributed by atoms with Gasteiger partial charge in [0.05, 0.1) is 11.5 Å². The van der Waals surface area contributed by atoms with Crippen molar-refractivity contribution < 1.29 is 9.18 Å². The van der Waals surface area contributed by atoms with Crippen LogP contribution in [0.2, 0.25) is 0 Å². The van der Waals surface area contributed by atoms with Crippen molar-refractivity contribution in [1.29, 1.82) is 0 Å². The van der Waals surface area contributed by atoms with Crippen LogP contribution in [0, 0.1) is 0 Å². The maximum atomic E-state index is 12.9. The highest BCUT2D eigenvalue weighted by Gasteiger charge is 2.04. The Bertz CT molecular complexity index is 471. The summed E-state index contributed by atoms with van der Waals surface area (Å²) in [6.07, 6.45) is 7.46. The number of aldehydes is 1. The molecule has 0 spiro atoms. The average molecular weight is 231 g/mol. The Balaban J connectivity index is 3.02. The molecule has 17 heavy (non-hydrogen) atoms. The smallest absolute Gasteiger partial charge is 0.151 e. The standard InChI is InChI=1S/C14H14FNO/c1-3-5-12(8-11(2)15)9-14-13(10-17)6-4-7-16-14/h3-8,10H,1,9H2,2H3/b11-8+,12-5+. The van der Waals surface area contributed by atoms with Crippen LogP contribution >= 0.6 is 0 Å². The summed E-state index contributed by atoms with van der Waals surface area (Å²) in [7, 11) is 0. The van der Waals surface area contributed by atoms with Gasteiger partial charge in [-0.15, -0.1) is 0 Å². The molecule has 1 heterocycles. The second-order valence-electron chi connectivity index (χ2n) is 3.54. The van der Waals surface area contributed by atoms with Crippen molar-refractivity contribution in [1.82, 2.24) is 4.98 Å². The van der Waals surface area contributed by atoms with Crippen molar-refractivity contribution in [2.45, 2.75) is 13.3 Å². The summed E-state index contributed by atoms with van der Waals surface area (Å²) in [5, 5.41) is 0. The predicted molar refractivity (Wildman–Crippen MR) is 66.5 cm³/mol. The molecule has 0 fully saturated rings. The van der Waals surface area contributed by atoms with E-state index in [1.807, 2.05) is 0 Å². The first-order chi connectivity index (χ1) is 8.17. The predicted octanol–water partition coefficient (Wildman–Crippen LogP) is 3.42. The molecule has 0 aromatic carbocycles. The van der Waals surface area contributed by atoms with Crippen LogP contribution in [-0.4, -0.2) is 11.3 Å². The van der Waals surface area contributed by atoms with E-state index in [1.165, 1.54) is 13.0 Å². The molecule has 1 rings (SSSR count). The summed E-state index contributed by atoms with van der Waals surface area (Å²) in [5.41, 5.74) is 1.88. The van der Waals surface area contributed by atoms with Crippen molar-refractivity contribution in [2.24, 2.45) is 0 Å². The average Bonchev–Trinajstić information content (AvgIpc) is 2.29. The number of aromatic nitrogens is 1. The molecule has 0 saturated heterocycles. The Hall–Kier alpha value is -2.03. The summed E-state index contributed by atoms with van der Waals surface area (Å²) in [6, 6.07) is 3.38. The van der Waals surface area contributed by atoms with Gasteiger partial charge < -0.3 is 0 Å². The third kappa shape index (κ3) is 4.15. The van der Waals surface area contributed by atoms with Gasteiger partial charge in [0, 0.05) is 18.2 Å². The van der Waals surface area contributed by atoms with Crippen LogP contribution in [0.15, 0.2) is 54.5 Å². The number of rotatable bonds is 5. The first kappa shape index (κ1) is 13.0. The Labute approximate surface area is 100 Å². The van der Waals surface area contributed by atoms with Gasteiger partial charge in [0.25, 0.3) is 0 Å². The second-order valence-corrected chi connectivity index (χ2v) is 3.54. The first-order valence-corrected chi connectivity index (χ1v) is 5.22. The molecule has 1 aromatic heterocycles. The van der Waals surface area contributed by atoms with Gasteiger partial charge in [-0.2, -0.15) is 0 Å². The number of hydrogen-bond donors (Lipinski definition) is 0. The number of carbonyl (C=O) groups excluding carboxylic acids is 1. The highest BCUT2D eigenvalue weighted by atomic mass is 19.1. The van der Waals surface area contributed by atoms with Gasteiger partial charge >= 0.3 is 0 Å². The quantitative estimate of drug-likeness (QED) is 0.574. The Morgan fingerprint density at radius 2 is 2.35 bits per heavy atom. The highest BCUT2D eigenvalue weighted by Crippen LogP contribution is 2.13.